The van der Waals surface area contributed by atoms with Gasteiger partial charge < -0.3 is 24.8 Å². The van der Waals surface area contributed by atoms with Crippen molar-refractivity contribution in [3.05, 3.63) is 43.3 Å². The van der Waals surface area contributed by atoms with Crippen LogP contribution in [0.25, 0.3) is 0 Å². The maximum Gasteiger partial charge on any atom is -1.00 e. The summed E-state index contributed by atoms with van der Waals surface area (Å²) in [6.45, 7) is 11.0. The first-order valence-electron chi connectivity index (χ1n) is 7.58. The third-order valence-electron chi connectivity index (χ3n) is 4.35. The van der Waals surface area contributed by atoms with Crippen LogP contribution in [-0.4, -0.2) is 22.2 Å². The van der Waals surface area contributed by atoms with Crippen LogP contribution in [0.1, 0.15) is 13.3 Å². The third-order valence-corrected chi connectivity index (χ3v) is 10.8. The van der Waals surface area contributed by atoms with E-state index in [1.165, 1.54) is 21.5 Å². The van der Waals surface area contributed by atoms with Gasteiger partial charge in [0, 0.05) is 0 Å². The minimum absolute atomic E-state index is 0. The fraction of sp³-hybridized carbons (Fsp3) is 0.438. The number of carbonyl (C=O) groups is 1. The van der Waals surface area contributed by atoms with Gasteiger partial charge in [0.1, 0.15) is 0 Å². The molecule has 1 atom stereocenters. The molecule has 3 aliphatic rings. The van der Waals surface area contributed by atoms with Gasteiger partial charge in [-0.25, -0.2) is 0 Å². The summed E-state index contributed by atoms with van der Waals surface area (Å²) in [6.07, 6.45) is 5.18. The summed E-state index contributed by atoms with van der Waals surface area (Å²) in [6, 6.07) is 1.27. The van der Waals surface area contributed by atoms with E-state index in [9.17, 15) is 4.79 Å². The minimum atomic E-state index is -1.75. The Morgan fingerprint density at radius 2 is 1.78 bits per heavy atom. The topological polar surface area (TPSA) is 26.3 Å². The molecule has 1 aliphatic heterocycles. The number of halogens is 2. The monoisotopic (exact) mass is 419 g/mol. The fourth-order valence-electron chi connectivity index (χ4n) is 3.53. The molecular formula is C16H21Cl2O2Si2Ti. The van der Waals surface area contributed by atoms with E-state index in [4.69, 9.17) is 4.43 Å². The van der Waals surface area contributed by atoms with E-state index < -0.39 is 16.4 Å². The van der Waals surface area contributed by atoms with Crippen molar-refractivity contribution in [2.45, 2.75) is 45.6 Å². The van der Waals surface area contributed by atoms with Gasteiger partial charge in [-0.3, -0.25) is 0 Å². The molecule has 0 aromatic rings. The van der Waals surface area contributed by atoms with Gasteiger partial charge in [0.05, 0.1) is 0 Å². The first-order valence-corrected chi connectivity index (χ1v) is 14.5. The van der Waals surface area contributed by atoms with Crippen molar-refractivity contribution in [1.82, 2.24) is 0 Å². The molecule has 1 unspecified atom stereocenters. The molecule has 0 N–H and O–H groups in total. The standard InChI is InChI=1S/C16H21O2Si2.2ClH.Ti/c1-6-9-20(5)13-10-11-7-8-12(18-19(2,3)4)15(17)14(11)16(13)20;;;/h7-8H,6,9H2,1-5H3;2*1H;/q;;;+2/p-2. The summed E-state index contributed by atoms with van der Waals surface area (Å²) < 4.78 is 7.36. The average Bonchev–Trinajstić information content (AvgIpc) is 2.80. The number of carbonyl (C=O) groups excluding carboxylic acids is 1. The Morgan fingerprint density at radius 1 is 1.17 bits per heavy atom. The van der Waals surface area contributed by atoms with Crippen molar-refractivity contribution in [3.8, 4) is 0 Å². The van der Waals surface area contributed by atoms with Crippen LogP contribution in [0.15, 0.2) is 43.3 Å². The van der Waals surface area contributed by atoms with Gasteiger partial charge in [0.25, 0.3) is 0 Å². The zero-order chi connectivity index (χ0) is 15.6. The number of Topliss-reactive ketones (excluding diaryl/α,β-unsaturated/α-hetero) is 1. The van der Waals surface area contributed by atoms with E-state index in [1.807, 2.05) is 6.08 Å². The summed E-state index contributed by atoms with van der Waals surface area (Å²) in [4.78, 5) is 12.9. The fourth-order valence-corrected chi connectivity index (χ4v) is 11.1. The number of hydrogen-bond donors (Lipinski definition) is 0. The molecule has 23 heavy (non-hydrogen) atoms. The molecular weight excluding hydrogens is 399 g/mol. The number of ketones is 1. The zero-order valence-electron chi connectivity index (χ0n) is 14.1. The number of hydrogen-bond acceptors (Lipinski definition) is 2. The first kappa shape index (κ1) is 21.2. The van der Waals surface area contributed by atoms with Gasteiger partial charge in [-0.1, -0.05) is 0 Å². The van der Waals surface area contributed by atoms with Crippen LogP contribution in [0.2, 0.25) is 32.2 Å². The Morgan fingerprint density at radius 3 is 2.30 bits per heavy atom. The van der Waals surface area contributed by atoms with Gasteiger partial charge in [0.2, 0.25) is 0 Å². The second-order valence-electron chi connectivity index (χ2n) is 7.24. The summed E-state index contributed by atoms with van der Waals surface area (Å²) in [5, 5.41) is 2.99. The SMILES string of the molecule is CCC[Si]1(C)C2=[C]([Ti+2])C3=CC=C(O[Si](C)(C)C)C(=O)C3=C21.[Cl-].[Cl-]. The van der Waals surface area contributed by atoms with E-state index >= 15 is 0 Å². The van der Waals surface area contributed by atoms with Gasteiger partial charge in [-0.15, -0.1) is 0 Å². The van der Waals surface area contributed by atoms with Crippen LogP contribution in [-0.2, 0) is 29.7 Å². The molecule has 0 aromatic heterocycles. The molecule has 123 valence electrons. The Bertz CT molecular complexity index is 687. The van der Waals surface area contributed by atoms with Gasteiger partial charge in [-0.05, 0) is 0 Å². The van der Waals surface area contributed by atoms with E-state index in [-0.39, 0.29) is 30.6 Å². The van der Waals surface area contributed by atoms with Gasteiger partial charge >= 0.3 is 141 Å². The quantitative estimate of drug-likeness (QED) is 0.489. The molecule has 1 heterocycles. The second-order valence-corrected chi connectivity index (χ2v) is 16.6. The molecule has 0 radical (unpaired) electrons. The summed E-state index contributed by atoms with van der Waals surface area (Å²) in [5.74, 6) is 0.695. The largest absolute Gasteiger partial charge is 1.00 e. The van der Waals surface area contributed by atoms with Crippen LogP contribution in [0.3, 0.4) is 0 Å². The molecule has 0 aromatic carbocycles. The number of rotatable bonds is 4. The van der Waals surface area contributed by atoms with E-state index in [1.54, 1.807) is 5.20 Å². The molecule has 3 rings (SSSR count). The Balaban J connectivity index is 0.00000132. The maximum absolute atomic E-state index is 12.9. The molecule has 2 nitrogen and oxygen atoms in total. The number of allylic oxidation sites excluding steroid dienone is 7. The summed E-state index contributed by atoms with van der Waals surface area (Å²) in [5.41, 5.74) is 2.15. The Hall–Kier alpha value is 0.158. The van der Waals surface area contributed by atoms with Crippen molar-refractivity contribution < 1.29 is 54.5 Å². The average molecular weight is 420 g/mol. The third kappa shape index (κ3) is 3.31. The van der Waals surface area contributed by atoms with Crippen molar-refractivity contribution in [2.24, 2.45) is 0 Å². The van der Waals surface area contributed by atoms with Crippen molar-refractivity contribution in [1.29, 1.82) is 0 Å². The van der Waals surface area contributed by atoms with E-state index in [0.717, 1.165) is 11.1 Å². The van der Waals surface area contributed by atoms with Crippen molar-refractivity contribution in [2.75, 3.05) is 0 Å². The maximum atomic E-state index is 12.9. The Kier molecular flexibility index (Phi) is 6.28. The predicted molar refractivity (Wildman–Crippen MR) is 86.4 cm³/mol. The van der Waals surface area contributed by atoms with Crippen LogP contribution in [0, 0.1) is 0 Å². The molecule has 1 saturated heterocycles. The number of fused-ring (bicyclic) bond motifs is 2. The summed E-state index contributed by atoms with van der Waals surface area (Å²) in [7, 11) is -3.18. The molecule has 0 amide bonds. The van der Waals surface area contributed by atoms with Crippen molar-refractivity contribution in [3.63, 3.8) is 0 Å². The van der Waals surface area contributed by atoms with Crippen LogP contribution in [0.5, 0.6) is 0 Å². The summed E-state index contributed by atoms with van der Waals surface area (Å²) >= 11 is 2.19. The smallest absolute Gasteiger partial charge is 1.00 e. The van der Waals surface area contributed by atoms with Crippen molar-refractivity contribution >= 4 is 22.2 Å². The molecule has 7 heteroatoms. The molecule has 2 aliphatic carbocycles. The van der Waals surface area contributed by atoms with E-state index in [2.05, 4.69) is 59.6 Å². The van der Waals surface area contributed by atoms with Gasteiger partial charge in [0.15, 0.2) is 0 Å². The molecule has 0 saturated carbocycles. The predicted octanol–water partition coefficient (Wildman–Crippen LogP) is -2.07. The van der Waals surface area contributed by atoms with Crippen LogP contribution in [0.4, 0.5) is 0 Å². The molecule has 0 bridgehead atoms. The minimum Gasteiger partial charge on any atom is -1.00 e. The molecule has 1 fully saturated rings. The van der Waals surface area contributed by atoms with Gasteiger partial charge in [-0.2, -0.15) is 0 Å². The normalized spacial score (nSPS) is 25.1. The second kappa shape index (κ2) is 6.81. The van der Waals surface area contributed by atoms with Crippen LogP contribution < -0.4 is 24.8 Å². The Labute approximate surface area is 164 Å². The van der Waals surface area contributed by atoms with E-state index in [0.29, 0.717) is 5.76 Å². The molecule has 0 spiro atoms. The van der Waals surface area contributed by atoms with Crippen LogP contribution >= 0.6 is 0 Å². The first-order chi connectivity index (χ1) is 9.70. The zero-order valence-corrected chi connectivity index (χ0v) is 19.2.